The molecule has 10 heavy (non-hydrogen) atoms. The molecular formula is C7H14O2S. The second-order valence-electron chi connectivity index (χ2n) is 2.39. The second kappa shape index (κ2) is 4.61. The molecule has 0 aromatic heterocycles. The highest BCUT2D eigenvalue weighted by Gasteiger charge is 2.11. The Morgan fingerprint density at radius 2 is 1.90 bits per heavy atom. The highest BCUT2D eigenvalue weighted by Crippen LogP contribution is 2.09. The van der Waals surface area contributed by atoms with Gasteiger partial charge in [-0.2, -0.15) is 0 Å². The van der Waals surface area contributed by atoms with E-state index in [1.165, 1.54) is 11.8 Å². The van der Waals surface area contributed by atoms with Crippen LogP contribution in [0.2, 0.25) is 0 Å². The predicted molar refractivity (Wildman–Crippen MR) is 43.9 cm³/mol. The maximum atomic E-state index is 10.9. The minimum atomic E-state index is -0.123. The van der Waals surface area contributed by atoms with Crippen LogP contribution in [0.15, 0.2) is 0 Å². The summed E-state index contributed by atoms with van der Waals surface area (Å²) in [6.07, 6.45) is 1.91. The van der Waals surface area contributed by atoms with Crippen molar-refractivity contribution in [3.63, 3.8) is 0 Å². The molecule has 0 bridgehead atoms. The Hall–Kier alpha value is -0.180. The molecule has 1 atom stereocenters. The van der Waals surface area contributed by atoms with Gasteiger partial charge in [0.2, 0.25) is 0 Å². The quantitative estimate of drug-likeness (QED) is 0.468. The predicted octanol–water partition coefficient (Wildman–Crippen LogP) is 1.89. The lowest BCUT2D eigenvalue weighted by molar-refractivity contribution is -0.148. The van der Waals surface area contributed by atoms with Crippen molar-refractivity contribution in [1.29, 1.82) is 0 Å². The molecule has 0 aliphatic carbocycles. The van der Waals surface area contributed by atoms with E-state index >= 15 is 0 Å². The lowest BCUT2D eigenvalue weighted by atomic mass is 10.2. The molecule has 60 valence electrons. The number of hydrogen-bond donors (Lipinski definition) is 0. The average molecular weight is 162 g/mol. The van der Waals surface area contributed by atoms with Crippen LogP contribution in [0.1, 0.15) is 20.8 Å². The first kappa shape index (κ1) is 9.82. The van der Waals surface area contributed by atoms with Gasteiger partial charge < -0.3 is 4.74 Å². The van der Waals surface area contributed by atoms with E-state index < -0.39 is 0 Å². The molecule has 0 fully saturated rings. The maximum Gasteiger partial charge on any atom is 0.309 e. The topological polar surface area (TPSA) is 26.3 Å². The summed E-state index contributed by atoms with van der Waals surface area (Å²) in [7, 11) is 0. The molecular weight excluding hydrogens is 148 g/mol. The molecule has 2 nitrogen and oxygen atoms in total. The van der Waals surface area contributed by atoms with Crippen molar-refractivity contribution in [2.75, 3.05) is 6.26 Å². The van der Waals surface area contributed by atoms with Crippen LogP contribution in [0.25, 0.3) is 0 Å². The zero-order chi connectivity index (χ0) is 8.15. The summed E-state index contributed by atoms with van der Waals surface area (Å²) in [5.41, 5.74) is -0.0186. The molecule has 3 heteroatoms. The third kappa shape index (κ3) is 3.77. The summed E-state index contributed by atoms with van der Waals surface area (Å²) >= 11 is 1.53. The van der Waals surface area contributed by atoms with Crippen LogP contribution < -0.4 is 0 Å². The number of thioether (sulfide) groups is 1. The molecule has 0 spiro atoms. The number of rotatable bonds is 3. The first-order valence-corrected chi connectivity index (χ1v) is 4.60. The standard InChI is InChI=1S/C7H14O2S/c1-5(2)7(8)9-6(3)10-4/h5-6H,1-4H3. The SMILES string of the molecule is CSC(C)OC(=O)C(C)C. The minimum absolute atomic E-state index is 0.0186. The van der Waals surface area contributed by atoms with E-state index in [2.05, 4.69) is 0 Å². The van der Waals surface area contributed by atoms with Gasteiger partial charge in [-0.05, 0) is 13.2 Å². The van der Waals surface area contributed by atoms with E-state index in [0.29, 0.717) is 0 Å². The van der Waals surface area contributed by atoms with Gasteiger partial charge >= 0.3 is 5.97 Å². The van der Waals surface area contributed by atoms with Crippen LogP contribution in [-0.4, -0.2) is 17.7 Å². The van der Waals surface area contributed by atoms with E-state index in [1.807, 2.05) is 27.0 Å². The monoisotopic (exact) mass is 162 g/mol. The van der Waals surface area contributed by atoms with Gasteiger partial charge in [-0.1, -0.05) is 13.8 Å². The Balaban J connectivity index is 3.57. The van der Waals surface area contributed by atoms with Gasteiger partial charge in [0.25, 0.3) is 0 Å². The Labute approximate surface area is 66.3 Å². The minimum Gasteiger partial charge on any atom is -0.451 e. The van der Waals surface area contributed by atoms with Crippen molar-refractivity contribution in [2.24, 2.45) is 5.92 Å². The van der Waals surface area contributed by atoms with Crippen LogP contribution in [-0.2, 0) is 9.53 Å². The van der Waals surface area contributed by atoms with Crippen LogP contribution in [0.5, 0.6) is 0 Å². The molecule has 0 N–H and O–H groups in total. The zero-order valence-corrected chi connectivity index (χ0v) is 7.70. The van der Waals surface area contributed by atoms with Gasteiger partial charge in [0.1, 0.15) is 5.44 Å². The molecule has 0 radical (unpaired) electrons. The molecule has 0 aromatic rings. The van der Waals surface area contributed by atoms with Gasteiger partial charge in [0.05, 0.1) is 5.92 Å². The smallest absolute Gasteiger partial charge is 0.309 e. The molecule has 1 unspecified atom stereocenters. The Morgan fingerprint density at radius 1 is 1.40 bits per heavy atom. The zero-order valence-electron chi connectivity index (χ0n) is 6.88. The van der Waals surface area contributed by atoms with E-state index in [-0.39, 0.29) is 17.3 Å². The van der Waals surface area contributed by atoms with Crippen LogP contribution in [0.3, 0.4) is 0 Å². The summed E-state index contributed by atoms with van der Waals surface area (Å²) in [4.78, 5) is 10.9. The molecule has 0 amide bonds. The van der Waals surface area contributed by atoms with Crippen LogP contribution >= 0.6 is 11.8 Å². The molecule has 0 aliphatic heterocycles. The Kier molecular flexibility index (Phi) is 4.52. The van der Waals surface area contributed by atoms with Gasteiger partial charge in [-0.25, -0.2) is 0 Å². The lowest BCUT2D eigenvalue weighted by Crippen LogP contribution is -2.16. The van der Waals surface area contributed by atoms with Crippen molar-refractivity contribution in [3.05, 3.63) is 0 Å². The summed E-state index contributed by atoms with van der Waals surface area (Å²) < 4.78 is 4.98. The highest BCUT2D eigenvalue weighted by molar-refractivity contribution is 7.99. The third-order valence-electron chi connectivity index (χ3n) is 1.09. The van der Waals surface area contributed by atoms with Crippen molar-refractivity contribution >= 4 is 17.7 Å². The number of ether oxygens (including phenoxy) is 1. The number of carbonyl (C=O) groups excluding carboxylic acids is 1. The van der Waals surface area contributed by atoms with E-state index in [0.717, 1.165) is 0 Å². The number of carbonyl (C=O) groups is 1. The third-order valence-corrected chi connectivity index (χ3v) is 1.85. The van der Waals surface area contributed by atoms with Crippen molar-refractivity contribution < 1.29 is 9.53 Å². The van der Waals surface area contributed by atoms with Crippen molar-refractivity contribution in [1.82, 2.24) is 0 Å². The maximum absolute atomic E-state index is 10.9. The fourth-order valence-electron chi connectivity index (χ4n) is 0.348. The number of esters is 1. The van der Waals surface area contributed by atoms with E-state index in [4.69, 9.17) is 4.74 Å². The number of hydrogen-bond acceptors (Lipinski definition) is 3. The largest absolute Gasteiger partial charge is 0.451 e. The molecule has 0 heterocycles. The second-order valence-corrected chi connectivity index (χ2v) is 3.53. The molecule has 0 saturated carbocycles. The van der Waals surface area contributed by atoms with Crippen molar-refractivity contribution in [3.8, 4) is 0 Å². The first-order chi connectivity index (χ1) is 4.57. The fraction of sp³-hybridized carbons (Fsp3) is 0.857. The fourth-order valence-corrected chi connectivity index (χ4v) is 0.539. The molecule has 0 rings (SSSR count). The summed E-state index contributed by atoms with van der Waals surface area (Å²) in [5, 5.41) is 0. The van der Waals surface area contributed by atoms with Gasteiger partial charge in [-0.3, -0.25) is 4.79 Å². The van der Waals surface area contributed by atoms with E-state index in [1.54, 1.807) is 0 Å². The Bertz CT molecular complexity index is 112. The van der Waals surface area contributed by atoms with E-state index in [9.17, 15) is 4.79 Å². The normalized spacial score (nSPS) is 13.3. The lowest BCUT2D eigenvalue weighted by Gasteiger charge is -2.11. The van der Waals surface area contributed by atoms with Crippen molar-refractivity contribution in [2.45, 2.75) is 26.2 Å². The average Bonchev–Trinajstić information content (AvgIpc) is 1.87. The molecule has 0 saturated heterocycles. The summed E-state index contributed by atoms with van der Waals surface area (Å²) in [6.45, 7) is 5.52. The summed E-state index contributed by atoms with van der Waals surface area (Å²) in [6, 6.07) is 0. The Morgan fingerprint density at radius 3 is 2.20 bits per heavy atom. The summed E-state index contributed by atoms with van der Waals surface area (Å²) in [5.74, 6) is -0.142. The van der Waals surface area contributed by atoms with Crippen LogP contribution in [0, 0.1) is 5.92 Å². The molecule has 0 aromatic carbocycles. The van der Waals surface area contributed by atoms with Gasteiger partial charge in [-0.15, -0.1) is 11.8 Å². The molecule has 0 aliphatic rings. The highest BCUT2D eigenvalue weighted by atomic mass is 32.2. The first-order valence-electron chi connectivity index (χ1n) is 3.31. The van der Waals surface area contributed by atoms with Gasteiger partial charge in [0.15, 0.2) is 0 Å². The van der Waals surface area contributed by atoms with Gasteiger partial charge in [0, 0.05) is 0 Å². The van der Waals surface area contributed by atoms with Crippen LogP contribution in [0.4, 0.5) is 0 Å².